The Hall–Kier alpha value is -1.42. The Morgan fingerprint density at radius 2 is 2.23 bits per heavy atom. The summed E-state index contributed by atoms with van der Waals surface area (Å²) in [4.78, 5) is 9.26. The number of hydrogen-bond donors (Lipinski definition) is 0. The van der Waals surface area contributed by atoms with Crippen molar-refractivity contribution in [2.45, 2.75) is 0 Å². The fraction of sp³-hybridized carbons (Fsp3) is 0. The molecule has 0 saturated carbocycles. The first-order chi connectivity index (χ1) is 6.09. The van der Waals surface area contributed by atoms with Crippen molar-refractivity contribution < 1.29 is 9.31 Å². The molecule has 0 unspecified atom stereocenters. The van der Waals surface area contributed by atoms with Gasteiger partial charge in [0, 0.05) is 16.7 Å². The van der Waals surface area contributed by atoms with Gasteiger partial charge in [0.2, 0.25) is 6.20 Å². The molecule has 1 rings (SSSR count). The first-order valence-electron chi connectivity index (χ1n) is 3.36. The number of halogens is 2. The van der Waals surface area contributed by atoms with Gasteiger partial charge >= 0.3 is 0 Å². The molecule has 5 heteroatoms. The number of nitrogens with zero attached hydrogens (tertiary/aromatic N) is 1. The summed E-state index contributed by atoms with van der Waals surface area (Å²) in [7, 11) is 0. The predicted octanol–water partition coefficient (Wildman–Crippen LogP) is 2.73. The van der Waals surface area contributed by atoms with Gasteiger partial charge < -0.3 is 0 Å². The number of rotatable bonds is 2. The summed E-state index contributed by atoms with van der Waals surface area (Å²) in [5.74, 6) is -0.578. The van der Waals surface area contributed by atoms with E-state index in [9.17, 15) is 14.5 Å². The summed E-state index contributed by atoms with van der Waals surface area (Å²) < 4.78 is 12.9. The van der Waals surface area contributed by atoms with E-state index in [1.54, 1.807) is 0 Å². The van der Waals surface area contributed by atoms with Crippen molar-refractivity contribution in [3.63, 3.8) is 0 Å². The summed E-state index contributed by atoms with van der Waals surface area (Å²) >= 11 is 5.48. The van der Waals surface area contributed by atoms with Gasteiger partial charge in [-0.3, -0.25) is 10.1 Å². The molecular formula is C8H5ClFNO2. The van der Waals surface area contributed by atoms with E-state index in [4.69, 9.17) is 11.6 Å². The number of nitro groups is 1. The van der Waals surface area contributed by atoms with Crippen molar-refractivity contribution in [1.82, 2.24) is 0 Å². The van der Waals surface area contributed by atoms with Crippen molar-refractivity contribution in [3.8, 4) is 0 Å². The smallest absolute Gasteiger partial charge is 0.235 e. The molecule has 0 atom stereocenters. The zero-order chi connectivity index (χ0) is 9.84. The van der Waals surface area contributed by atoms with Gasteiger partial charge in [0.05, 0.1) is 4.92 Å². The van der Waals surface area contributed by atoms with Gasteiger partial charge in [-0.2, -0.15) is 0 Å². The Labute approximate surface area is 78.6 Å². The molecule has 13 heavy (non-hydrogen) atoms. The molecule has 0 aliphatic carbocycles. The van der Waals surface area contributed by atoms with Gasteiger partial charge in [0.25, 0.3) is 0 Å². The second-order valence-corrected chi connectivity index (χ2v) is 2.70. The molecule has 0 amide bonds. The molecule has 0 aromatic heterocycles. The zero-order valence-electron chi connectivity index (χ0n) is 6.41. The topological polar surface area (TPSA) is 43.1 Å². The second-order valence-electron chi connectivity index (χ2n) is 2.27. The standard InChI is InChI=1S/C8H5ClFNO2/c9-7-2-1-6(8(10)5-7)3-4-11(12)13/h1-5H. The molecule has 0 N–H and O–H groups in total. The normalized spacial score (nSPS) is 10.6. The maximum atomic E-state index is 12.9. The lowest BCUT2D eigenvalue weighted by atomic mass is 10.2. The molecule has 0 aliphatic rings. The van der Waals surface area contributed by atoms with Crippen LogP contribution >= 0.6 is 11.6 Å². The average molecular weight is 202 g/mol. The minimum Gasteiger partial charge on any atom is -0.259 e. The maximum absolute atomic E-state index is 12.9. The van der Waals surface area contributed by atoms with Gasteiger partial charge in [-0.25, -0.2) is 4.39 Å². The third-order valence-electron chi connectivity index (χ3n) is 1.34. The van der Waals surface area contributed by atoms with Gasteiger partial charge in [-0.1, -0.05) is 17.7 Å². The summed E-state index contributed by atoms with van der Waals surface area (Å²) in [5.41, 5.74) is 0.140. The summed E-state index contributed by atoms with van der Waals surface area (Å²) in [6, 6.07) is 3.93. The highest BCUT2D eigenvalue weighted by molar-refractivity contribution is 6.30. The fourth-order valence-corrected chi connectivity index (χ4v) is 0.937. The van der Waals surface area contributed by atoms with Crippen LogP contribution in [0.2, 0.25) is 5.02 Å². The Bertz CT molecular complexity index is 365. The molecule has 0 saturated heterocycles. The van der Waals surface area contributed by atoms with Crippen LogP contribution in [0.5, 0.6) is 0 Å². The lowest BCUT2D eigenvalue weighted by Gasteiger charge is -1.94. The molecule has 1 aromatic rings. The molecule has 0 spiro atoms. The predicted molar refractivity (Wildman–Crippen MR) is 47.4 cm³/mol. The Morgan fingerprint density at radius 3 is 2.77 bits per heavy atom. The molecule has 0 heterocycles. The van der Waals surface area contributed by atoms with E-state index in [2.05, 4.69) is 0 Å². The van der Waals surface area contributed by atoms with Crippen LogP contribution in [0.3, 0.4) is 0 Å². The Balaban J connectivity index is 2.96. The van der Waals surface area contributed by atoms with Crippen molar-refractivity contribution >= 4 is 17.7 Å². The maximum Gasteiger partial charge on any atom is 0.235 e. The summed E-state index contributed by atoms with van der Waals surface area (Å²) in [6.07, 6.45) is 1.75. The summed E-state index contributed by atoms with van der Waals surface area (Å²) in [5, 5.41) is 10.2. The zero-order valence-corrected chi connectivity index (χ0v) is 7.16. The lowest BCUT2D eigenvalue weighted by Crippen LogP contribution is -1.85. The third-order valence-corrected chi connectivity index (χ3v) is 1.57. The molecule has 1 aromatic carbocycles. The molecule has 3 nitrogen and oxygen atoms in total. The van der Waals surface area contributed by atoms with Crippen LogP contribution in [0, 0.1) is 15.9 Å². The van der Waals surface area contributed by atoms with Crippen LogP contribution in [0.15, 0.2) is 24.4 Å². The van der Waals surface area contributed by atoms with Crippen LogP contribution < -0.4 is 0 Å². The highest BCUT2D eigenvalue weighted by Gasteiger charge is 2.00. The Morgan fingerprint density at radius 1 is 1.54 bits per heavy atom. The van der Waals surface area contributed by atoms with E-state index in [0.29, 0.717) is 6.20 Å². The lowest BCUT2D eigenvalue weighted by molar-refractivity contribution is -0.400. The van der Waals surface area contributed by atoms with Crippen molar-refractivity contribution in [1.29, 1.82) is 0 Å². The molecule has 0 aliphatic heterocycles. The van der Waals surface area contributed by atoms with Crippen LogP contribution in [0.4, 0.5) is 4.39 Å². The van der Waals surface area contributed by atoms with Gasteiger partial charge in [0.15, 0.2) is 0 Å². The highest BCUT2D eigenvalue weighted by Crippen LogP contribution is 2.15. The van der Waals surface area contributed by atoms with Crippen LogP contribution in [-0.2, 0) is 0 Å². The third kappa shape index (κ3) is 2.83. The molecule has 0 radical (unpaired) electrons. The highest BCUT2D eigenvalue weighted by atomic mass is 35.5. The second kappa shape index (κ2) is 4.00. The number of hydrogen-bond acceptors (Lipinski definition) is 2. The first kappa shape index (κ1) is 9.67. The number of benzene rings is 1. The average Bonchev–Trinajstić information content (AvgIpc) is 2.02. The van der Waals surface area contributed by atoms with Gasteiger partial charge in [0.1, 0.15) is 5.82 Å². The van der Waals surface area contributed by atoms with Gasteiger partial charge in [-0.05, 0) is 12.1 Å². The largest absolute Gasteiger partial charge is 0.259 e. The summed E-state index contributed by atoms with van der Waals surface area (Å²) in [6.45, 7) is 0. The molecule has 0 fully saturated rings. The van der Waals surface area contributed by atoms with E-state index < -0.39 is 10.7 Å². The molecule has 68 valence electrons. The van der Waals surface area contributed by atoms with E-state index in [1.807, 2.05) is 0 Å². The fourth-order valence-electron chi connectivity index (χ4n) is 0.778. The van der Waals surface area contributed by atoms with E-state index in [0.717, 1.165) is 12.1 Å². The van der Waals surface area contributed by atoms with Crippen molar-refractivity contribution in [2.24, 2.45) is 0 Å². The van der Waals surface area contributed by atoms with Crippen LogP contribution in [-0.4, -0.2) is 4.92 Å². The minimum atomic E-state index is -0.659. The van der Waals surface area contributed by atoms with Crippen molar-refractivity contribution in [3.05, 3.63) is 50.9 Å². The molecular weight excluding hydrogens is 197 g/mol. The monoisotopic (exact) mass is 201 g/mol. The van der Waals surface area contributed by atoms with Crippen LogP contribution in [0.1, 0.15) is 5.56 Å². The minimum absolute atomic E-state index is 0.140. The van der Waals surface area contributed by atoms with E-state index in [-0.39, 0.29) is 10.6 Å². The van der Waals surface area contributed by atoms with E-state index in [1.165, 1.54) is 12.1 Å². The van der Waals surface area contributed by atoms with Crippen LogP contribution in [0.25, 0.3) is 6.08 Å². The van der Waals surface area contributed by atoms with Gasteiger partial charge in [-0.15, -0.1) is 0 Å². The van der Waals surface area contributed by atoms with E-state index >= 15 is 0 Å². The quantitative estimate of drug-likeness (QED) is 0.545. The van der Waals surface area contributed by atoms with Crippen molar-refractivity contribution in [2.75, 3.05) is 0 Å². The molecule has 0 bridgehead atoms. The first-order valence-corrected chi connectivity index (χ1v) is 3.74. The Kier molecular flexibility index (Phi) is 2.97. The SMILES string of the molecule is O=[N+]([O-])C=Cc1ccc(Cl)cc1F.